The number of carbonyl (C=O) groups is 1. The Hall–Kier alpha value is -2.33. The number of hydrogen-bond acceptors (Lipinski definition) is 3. The second-order valence-corrected chi connectivity index (χ2v) is 5.09. The van der Waals surface area contributed by atoms with E-state index in [-0.39, 0.29) is 5.91 Å². The van der Waals surface area contributed by atoms with Crippen LogP contribution < -0.4 is 10.1 Å². The predicted molar refractivity (Wildman–Crippen MR) is 79.6 cm³/mol. The zero-order valence-electron chi connectivity index (χ0n) is 11.8. The molecule has 2 aromatic rings. The molecule has 0 saturated heterocycles. The number of hydrogen-bond donors (Lipinski definition) is 2. The van der Waals surface area contributed by atoms with E-state index in [9.17, 15) is 9.90 Å². The molecule has 0 aromatic heterocycles. The second-order valence-electron chi connectivity index (χ2n) is 5.09. The highest BCUT2D eigenvalue weighted by atomic mass is 16.5. The lowest BCUT2D eigenvalue weighted by Crippen LogP contribution is -2.17. The van der Waals surface area contributed by atoms with Crippen molar-refractivity contribution in [3.63, 3.8) is 0 Å². The number of aliphatic hydroxyl groups excluding tert-OH is 1. The average Bonchev–Trinajstić information content (AvgIpc) is 2.89. The van der Waals surface area contributed by atoms with E-state index in [0.29, 0.717) is 11.3 Å². The minimum Gasteiger partial charge on any atom is -0.457 e. The van der Waals surface area contributed by atoms with Crippen LogP contribution in [0.25, 0.3) is 0 Å². The molecule has 0 heterocycles. The van der Waals surface area contributed by atoms with E-state index in [1.165, 1.54) is 0 Å². The largest absolute Gasteiger partial charge is 0.457 e. The van der Waals surface area contributed by atoms with Gasteiger partial charge in [-0.3, -0.25) is 4.79 Å². The van der Waals surface area contributed by atoms with Crippen LogP contribution in [0.4, 0.5) is 0 Å². The molecule has 0 radical (unpaired) electrons. The second kappa shape index (κ2) is 5.58. The van der Waals surface area contributed by atoms with Gasteiger partial charge in [-0.15, -0.1) is 0 Å². The van der Waals surface area contributed by atoms with Crippen LogP contribution in [-0.4, -0.2) is 18.1 Å². The van der Waals surface area contributed by atoms with E-state index in [0.717, 1.165) is 29.7 Å². The first-order chi connectivity index (χ1) is 10.2. The molecule has 108 valence electrons. The summed E-state index contributed by atoms with van der Waals surface area (Å²) in [6.07, 6.45) is 1.14. The number of fused-ring (bicyclic) bond motifs is 1. The van der Waals surface area contributed by atoms with E-state index in [1.807, 2.05) is 24.3 Å². The van der Waals surface area contributed by atoms with Crippen molar-refractivity contribution >= 4 is 5.91 Å². The van der Waals surface area contributed by atoms with Crippen LogP contribution in [0.3, 0.4) is 0 Å². The molecule has 1 unspecified atom stereocenters. The van der Waals surface area contributed by atoms with Crippen LogP contribution >= 0.6 is 0 Å². The molecule has 0 fully saturated rings. The van der Waals surface area contributed by atoms with Gasteiger partial charge in [-0.2, -0.15) is 0 Å². The zero-order valence-corrected chi connectivity index (χ0v) is 11.8. The molecule has 4 nitrogen and oxygen atoms in total. The molecule has 1 aliphatic rings. The highest BCUT2D eigenvalue weighted by Crippen LogP contribution is 2.38. The summed E-state index contributed by atoms with van der Waals surface area (Å²) in [6.45, 7) is 0. The van der Waals surface area contributed by atoms with Gasteiger partial charge in [0.05, 0.1) is 6.10 Å². The topological polar surface area (TPSA) is 58.6 Å². The molecule has 1 amide bonds. The van der Waals surface area contributed by atoms with E-state index >= 15 is 0 Å². The fourth-order valence-corrected chi connectivity index (χ4v) is 2.67. The number of benzene rings is 2. The summed E-state index contributed by atoms with van der Waals surface area (Å²) in [5.41, 5.74) is 2.55. The summed E-state index contributed by atoms with van der Waals surface area (Å²) < 4.78 is 5.91. The summed E-state index contributed by atoms with van der Waals surface area (Å²) in [5, 5.41) is 12.5. The lowest BCUT2D eigenvalue weighted by atomic mass is 10.1. The molecule has 0 bridgehead atoms. The predicted octanol–water partition coefficient (Wildman–Crippen LogP) is 2.82. The Kier molecular flexibility index (Phi) is 3.62. The van der Waals surface area contributed by atoms with Gasteiger partial charge in [0, 0.05) is 18.2 Å². The Balaban J connectivity index is 1.90. The minimum absolute atomic E-state index is 0.144. The van der Waals surface area contributed by atoms with Crippen LogP contribution in [0.15, 0.2) is 42.5 Å². The maximum atomic E-state index is 11.6. The van der Waals surface area contributed by atoms with Crippen LogP contribution in [0.1, 0.15) is 34.0 Å². The van der Waals surface area contributed by atoms with Crippen molar-refractivity contribution in [2.75, 3.05) is 7.05 Å². The number of ether oxygens (including phenoxy) is 1. The van der Waals surface area contributed by atoms with Crippen LogP contribution in [0, 0.1) is 0 Å². The molecule has 4 heteroatoms. The monoisotopic (exact) mass is 283 g/mol. The third kappa shape index (κ3) is 2.62. The van der Waals surface area contributed by atoms with Gasteiger partial charge in [0.25, 0.3) is 5.91 Å². The number of nitrogens with one attached hydrogen (secondary N) is 1. The number of amides is 1. The fourth-order valence-electron chi connectivity index (χ4n) is 2.67. The Morgan fingerprint density at radius 3 is 2.90 bits per heavy atom. The van der Waals surface area contributed by atoms with Crippen molar-refractivity contribution in [3.8, 4) is 11.5 Å². The summed E-state index contributed by atoms with van der Waals surface area (Å²) in [7, 11) is 1.60. The first-order valence-corrected chi connectivity index (χ1v) is 6.99. The van der Waals surface area contributed by atoms with Crippen molar-refractivity contribution in [2.24, 2.45) is 0 Å². The first kappa shape index (κ1) is 13.6. The third-order valence-electron chi connectivity index (χ3n) is 3.75. The lowest BCUT2D eigenvalue weighted by molar-refractivity contribution is 0.0963. The van der Waals surface area contributed by atoms with Gasteiger partial charge in [0.15, 0.2) is 0 Å². The van der Waals surface area contributed by atoms with Gasteiger partial charge in [-0.05, 0) is 42.7 Å². The van der Waals surface area contributed by atoms with E-state index < -0.39 is 6.10 Å². The quantitative estimate of drug-likeness (QED) is 0.910. The van der Waals surface area contributed by atoms with E-state index in [4.69, 9.17) is 4.74 Å². The van der Waals surface area contributed by atoms with Gasteiger partial charge in [-0.25, -0.2) is 0 Å². The summed E-state index contributed by atoms with van der Waals surface area (Å²) in [4.78, 5) is 11.6. The molecular weight excluding hydrogens is 266 g/mol. The molecular formula is C17H17NO3. The zero-order chi connectivity index (χ0) is 14.8. The molecule has 1 aliphatic carbocycles. The molecule has 2 aromatic carbocycles. The Morgan fingerprint density at radius 1 is 1.29 bits per heavy atom. The standard InChI is InChI=1S/C17H17NO3/c1-18-17(20)11-4-2-5-12(10-11)21-16-7-3-6-13-14(16)8-9-15(13)19/h2-7,10,15,19H,8-9H2,1H3,(H,18,20). The van der Waals surface area contributed by atoms with Crippen molar-refractivity contribution in [2.45, 2.75) is 18.9 Å². The molecule has 3 rings (SSSR count). The van der Waals surface area contributed by atoms with Crippen molar-refractivity contribution in [1.29, 1.82) is 0 Å². The van der Waals surface area contributed by atoms with E-state index in [1.54, 1.807) is 25.2 Å². The molecule has 2 N–H and O–H groups in total. The summed E-state index contributed by atoms with van der Waals surface area (Å²) in [5.74, 6) is 1.22. The van der Waals surface area contributed by atoms with E-state index in [2.05, 4.69) is 5.32 Å². The highest BCUT2D eigenvalue weighted by molar-refractivity contribution is 5.94. The van der Waals surface area contributed by atoms with Crippen molar-refractivity contribution in [3.05, 3.63) is 59.2 Å². The maximum Gasteiger partial charge on any atom is 0.251 e. The van der Waals surface area contributed by atoms with Gasteiger partial charge >= 0.3 is 0 Å². The number of carbonyl (C=O) groups excluding carboxylic acids is 1. The highest BCUT2D eigenvalue weighted by Gasteiger charge is 2.23. The average molecular weight is 283 g/mol. The molecule has 0 aliphatic heterocycles. The van der Waals surface area contributed by atoms with Gasteiger partial charge < -0.3 is 15.2 Å². The SMILES string of the molecule is CNC(=O)c1cccc(Oc2cccc3c2CCC3O)c1. The van der Waals surface area contributed by atoms with Gasteiger partial charge in [-0.1, -0.05) is 18.2 Å². The first-order valence-electron chi connectivity index (χ1n) is 6.99. The normalized spacial score (nSPS) is 16.4. The fraction of sp³-hybridized carbons (Fsp3) is 0.235. The van der Waals surface area contributed by atoms with Crippen LogP contribution in [0.2, 0.25) is 0 Å². The molecule has 1 atom stereocenters. The summed E-state index contributed by atoms with van der Waals surface area (Å²) >= 11 is 0. The van der Waals surface area contributed by atoms with Crippen molar-refractivity contribution in [1.82, 2.24) is 5.32 Å². The maximum absolute atomic E-state index is 11.6. The lowest BCUT2D eigenvalue weighted by Gasteiger charge is -2.11. The number of aliphatic hydroxyl groups is 1. The Morgan fingerprint density at radius 2 is 2.10 bits per heavy atom. The van der Waals surface area contributed by atoms with Crippen LogP contribution in [0.5, 0.6) is 11.5 Å². The minimum atomic E-state index is -0.402. The number of rotatable bonds is 3. The summed E-state index contributed by atoms with van der Waals surface area (Å²) in [6, 6.07) is 12.8. The van der Waals surface area contributed by atoms with Crippen molar-refractivity contribution < 1.29 is 14.6 Å². The Labute approximate surface area is 123 Å². The molecule has 0 saturated carbocycles. The molecule has 21 heavy (non-hydrogen) atoms. The molecule has 0 spiro atoms. The van der Waals surface area contributed by atoms with Gasteiger partial charge in [0.1, 0.15) is 11.5 Å². The van der Waals surface area contributed by atoms with Gasteiger partial charge in [0.2, 0.25) is 0 Å². The Bertz CT molecular complexity index is 681. The third-order valence-corrected chi connectivity index (χ3v) is 3.75. The van der Waals surface area contributed by atoms with Crippen LogP contribution in [-0.2, 0) is 6.42 Å². The smallest absolute Gasteiger partial charge is 0.251 e.